The molecule has 1 heterocycles. The molecule has 0 radical (unpaired) electrons. The van der Waals surface area contributed by atoms with E-state index >= 15 is 0 Å². The van der Waals surface area contributed by atoms with Crippen molar-refractivity contribution in [2.75, 3.05) is 0 Å². The highest BCUT2D eigenvalue weighted by atomic mass is 16.2. The van der Waals surface area contributed by atoms with Gasteiger partial charge in [0.2, 0.25) is 0 Å². The van der Waals surface area contributed by atoms with Crippen molar-refractivity contribution in [1.82, 2.24) is 9.55 Å². The van der Waals surface area contributed by atoms with Gasteiger partial charge in [0.05, 0.1) is 11.4 Å². The number of nitrogens with zero attached hydrogens (tertiary/aromatic N) is 1. The lowest BCUT2D eigenvalue weighted by Gasteiger charge is -2.35. The van der Waals surface area contributed by atoms with Crippen LogP contribution < -0.4 is 11.2 Å². The Morgan fingerprint density at radius 1 is 1.04 bits per heavy atom. The summed E-state index contributed by atoms with van der Waals surface area (Å²) in [6, 6.07) is 15.7. The Kier molecular flexibility index (Phi) is 4.14. The monoisotopic (exact) mass is 360 g/mol. The van der Waals surface area contributed by atoms with Gasteiger partial charge in [0.15, 0.2) is 0 Å². The molecule has 4 nitrogen and oxygen atoms in total. The average molecular weight is 360 g/mol. The van der Waals surface area contributed by atoms with Crippen LogP contribution in [-0.4, -0.2) is 9.55 Å². The van der Waals surface area contributed by atoms with Crippen molar-refractivity contribution in [3.63, 3.8) is 0 Å². The molecule has 4 rings (SSSR count). The van der Waals surface area contributed by atoms with E-state index in [1.54, 1.807) is 0 Å². The number of aryl methyl sites for hydroxylation is 1. The third kappa shape index (κ3) is 2.59. The molecular weight excluding hydrogens is 336 g/mol. The van der Waals surface area contributed by atoms with E-state index in [-0.39, 0.29) is 16.7 Å². The first-order valence-electron chi connectivity index (χ1n) is 9.56. The van der Waals surface area contributed by atoms with Crippen molar-refractivity contribution in [2.45, 2.75) is 45.4 Å². The van der Waals surface area contributed by atoms with Crippen LogP contribution in [0.15, 0.2) is 58.1 Å². The zero-order chi connectivity index (χ0) is 19.2. The van der Waals surface area contributed by atoms with E-state index in [9.17, 15) is 9.59 Å². The van der Waals surface area contributed by atoms with Gasteiger partial charge in [-0.3, -0.25) is 4.79 Å². The molecular formula is C23H24N2O2. The van der Waals surface area contributed by atoms with Gasteiger partial charge in [0.1, 0.15) is 0 Å². The summed E-state index contributed by atoms with van der Waals surface area (Å²) in [5.41, 5.74) is 4.30. The molecule has 0 bridgehead atoms. The summed E-state index contributed by atoms with van der Waals surface area (Å²) in [7, 11) is 0. The molecule has 4 heteroatoms. The predicted octanol–water partition coefficient (Wildman–Crippen LogP) is 3.98. The molecule has 0 spiro atoms. The first-order valence-corrected chi connectivity index (χ1v) is 9.56. The summed E-state index contributed by atoms with van der Waals surface area (Å²) in [6.07, 6.45) is 2.38. The van der Waals surface area contributed by atoms with Gasteiger partial charge in [-0.1, -0.05) is 63.2 Å². The molecule has 1 unspecified atom stereocenters. The van der Waals surface area contributed by atoms with Crippen molar-refractivity contribution in [2.24, 2.45) is 0 Å². The molecule has 0 aliphatic heterocycles. The van der Waals surface area contributed by atoms with Crippen LogP contribution in [0.2, 0.25) is 0 Å². The highest BCUT2D eigenvalue weighted by Gasteiger charge is 2.37. The summed E-state index contributed by atoms with van der Waals surface area (Å²) in [5.74, 6) is 0. The lowest BCUT2D eigenvalue weighted by Crippen LogP contribution is -2.44. The van der Waals surface area contributed by atoms with Crippen LogP contribution in [0.25, 0.3) is 16.9 Å². The van der Waals surface area contributed by atoms with Crippen LogP contribution in [0.4, 0.5) is 0 Å². The minimum Gasteiger partial charge on any atom is -0.306 e. The van der Waals surface area contributed by atoms with Crippen molar-refractivity contribution < 1.29 is 0 Å². The van der Waals surface area contributed by atoms with Crippen LogP contribution in [0.1, 0.15) is 43.9 Å². The zero-order valence-electron chi connectivity index (χ0n) is 16.0. The number of H-pyrrole nitrogens is 1. The molecule has 1 aliphatic carbocycles. The van der Waals surface area contributed by atoms with E-state index in [1.165, 1.54) is 10.1 Å². The maximum absolute atomic E-state index is 13.6. The molecule has 0 saturated carbocycles. The van der Waals surface area contributed by atoms with Crippen LogP contribution >= 0.6 is 0 Å². The quantitative estimate of drug-likeness (QED) is 0.768. The highest BCUT2D eigenvalue weighted by Crippen LogP contribution is 2.41. The third-order valence-electron chi connectivity index (χ3n) is 5.97. The molecule has 138 valence electrons. The number of aromatic amines is 1. The van der Waals surface area contributed by atoms with Gasteiger partial charge in [-0.05, 0) is 36.5 Å². The second-order valence-corrected chi connectivity index (χ2v) is 7.55. The van der Waals surface area contributed by atoms with Crippen molar-refractivity contribution in [1.29, 1.82) is 0 Å². The molecule has 3 aromatic rings. The maximum atomic E-state index is 13.6. The van der Waals surface area contributed by atoms with Gasteiger partial charge in [-0.15, -0.1) is 0 Å². The molecule has 1 aliphatic rings. The topological polar surface area (TPSA) is 54.9 Å². The van der Waals surface area contributed by atoms with E-state index in [2.05, 4.69) is 24.9 Å². The molecule has 0 fully saturated rings. The second-order valence-electron chi connectivity index (χ2n) is 7.55. The Hall–Kier alpha value is -2.88. The second kappa shape index (κ2) is 6.38. The molecule has 1 N–H and O–H groups in total. The number of hydrogen-bond donors (Lipinski definition) is 1. The lowest BCUT2D eigenvalue weighted by atomic mass is 9.69. The van der Waals surface area contributed by atoms with Crippen LogP contribution in [0, 0.1) is 0 Å². The predicted molar refractivity (Wildman–Crippen MR) is 109 cm³/mol. The standard InChI is InChI=1S/C23H24N2O2/c1-4-15-10-7-9-13-18(15)25-21(26)19-20(24-22(25)27)17-12-8-6-11-16(17)14-23(19,3)5-2/h6-13H,4-5,14H2,1-3H3,(H,24,27). The minimum absolute atomic E-state index is 0.200. The summed E-state index contributed by atoms with van der Waals surface area (Å²) < 4.78 is 1.32. The maximum Gasteiger partial charge on any atom is 0.333 e. The first-order chi connectivity index (χ1) is 13.0. The first kappa shape index (κ1) is 17.5. The van der Waals surface area contributed by atoms with E-state index in [0.717, 1.165) is 30.4 Å². The summed E-state index contributed by atoms with van der Waals surface area (Å²) in [4.78, 5) is 29.7. The number of fused-ring (bicyclic) bond motifs is 3. The van der Waals surface area contributed by atoms with Gasteiger partial charge in [-0.25, -0.2) is 9.36 Å². The highest BCUT2D eigenvalue weighted by molar-refractivity contribution is 5.71. The van der Waals surface area contributed by atoms with Crippen molar-refractivity contribution >= 4 is 0 Å². The largest absolute Gasteiger partial charge is 0.333 e. The van der Waals surface area contributed by atoms with Crippen LogP contribution in [0.3, 0.4) is 0 Å². The summed E-state index contributed by atoms with van der Waals surface area (Å²) in [5, 5.41) is 0. The Morgan fingerprint density at radius 3 is 2.48 bits per heavy atom. The Balaban J connectivity index is 2.11. The van der Waals surface area contributed by atoms with Gasteiger partial charge in [0.25, 0.3) is 5.56 Å². The van der Waals surface area contributed by atoms with Crippen LogP contribution in [0.5, 0.6) is 0 Å². The van der Waals surface area contributed by atoms with Crippen molar-refractivity contribution in [3.8, 4) is 16.9 Å². The SMILES string of the molecule is CCc1ccccc1-n1c(=O)[nH]c2c(c1=O)C(C)(CC)Cc1ccccc1-2. The Bertz CT molecular complexity index is 1140. The lowest BCUT2D eigenvalue weighted by molar-refractivity contribution is 0.437. The number of nitrogens with one attached hydrogen (secondary N) is 1. The number of aromatic nitrogens is 2. The molecule has 0 amide bonds. The van der Waals surface area contributed by atoms with E-state index in [1.807, 2.05) is 49.4 Å². The van der Waals surface area contributed by atoms with Gasteiger partial charge >= 0.3 is 5.69 Å². The number of rotatable bonds is 3. The van der Waals surface area contributed by atoms with Gasteiger partial charge in [0, 0.05) is 16.5 Å². The molecule has 27 heavy (non-hydrogen) atoms. The fourth-order valence-electron chi connectivity index (χ4n) is 4.27. The molecule has 2 aromatic carbocycles. The zero-order valence-corrected chi connectivity index (χ0v) is 16.0. The smallest absolute Gasteiger partial charge is 0.306 e. The van der Waals surface area contributed by atoms with E-state index in [0.29, 0.717) is 16.9 Å². The number of hydrogen-bond acceptors (Lipinski definition) is 2. The average Bonchev–Trinajstić information content (AvgIpc) is 2.68. The fourth-order valence-corrected chi connectivity index (χ4v) is 4.27. The summed E-state index contributed by atoms with van der Waals surface area (Å²) >= 11 is 0. The Morgan fingerprint density at radius 2 is 1.74 bits per heavy atom. The van der Waals surface area contributed by atoms with Gasteiger partial charge < -0.3 is 4.98 Å². The van der Waals surface area contributed by atoms with Crippen molar-refractivity contribution in [3.05, 3.63) is 86.1 Å². The van der Waals surface area contributed by atoms with Crippen LogP contribution in [-0.2, 0) is 18.3 Å². The summed E-state index contributed by atoms with van der Waals surface area (Å²) in [6.45, 7) is 6.26. The molecule has 1 atom stereocenters. The number of para-hydroxylation sites is 1. The third-order valence-corrected chi connectivity index (χ3v) is 5.97. The fraction of sp³-hybridized carbons (Fsp3) is 0.304. The Labute approximate surface area is 158 Å². The minimum atomic E-state index is -0.380. The van der Waals surface area contributed by atoms with E-state index < -0.39 is 0 Å². The molecule has 0 saturated heterocycles. The van der Waals surface area contributed by atoms with Gasteiger partial charge in [-0.2, -0.15) is 0 Å². The molecule has 1 aromatic heterocycles. The normalized spacial score (nSPS) is 18.0. The van der Waals surface area contributed by atoms with E-state index in [4.69, 9.17) is 0 Å². The number of benzene rings is 2.